The Morgan fingerprint density at radius 3 is 2.00 bits per heavy atom. The van der Waals surface area contributed by atoms with E-state index in [1.807, 2.05) is 50.3 Å². The van der Waals surface area contributed by atoms with Crippen molar-refractivity contribution in [3.8, 4) is 22.3 Å². The van der Waals surface area contributed by atoms with Crippen LogP contribution in [0.2, 0.25) is 0 Å². The fraction of sp³-hybridized carbons (Fsp3) is 0.167. The Bertz CT molecular complexity index is 2470. The summed E-state index contributed by atoms with van der Waals surface area (Å²) in [5.41, 5.74) is 27.6. The third-order valence-electron chi connectivity index (χ3n) is 11.9. The molecule has 1 aliphatic heterocycles. The standard InChI is InChI=1S/C58H57N3.C2H6/c1-4-46(47-19-8-5-9-20-47)26-16-27-51-34-31-45(18-17-37-59)38-57(51)43(2)29-32-53(42-60)50-33-30-44(3)61(58-28-15-14-25-52(58)36-35-50)56-40-54(48-21-10-6-11-22-48)39-55(41-56)49-23-12-7-13-24-49;1-2/h4-13,16-24,26-27,29-35,37,39-42,52,58H,1-3,14-15,25,28,36,38,59-60H2;1-2H3/b27-16-,32-29-,33-30-,37-17-,45-18-,46-26+,50-35+,53-42+;/t52-,58?;/m1./s1. The predicted molar refractivity (Wildman–Crippen MR) is 274 cm³/mol. The summed E-state index contributed by atoms with van der Waals surface area (Å²) in [5.74, 6) is 0.456. The molecule has 4 aromatic carbocycles. The summed E-state index contributed by atoms with van der Waals surface area (Å²) in [6.45, 7) is 17.4. The minimum Gasteiger partial charge on any atom is -0.405 e. The maximum absolute atomic E-state index is 6.46. The van der Waals surface area contributed by atoms with Crippen LogP contribution in [0.4, 0.5) is 5.69 Å². The Labute approximate surface area is 377 Å². The minimum atomic E-state index is 0.316. The smallest absolute Gasteiger partial charge is 0.0425 e. The van der Waals surface area contributed by atoms with Crippen LogP contribution in [0.5, 0.6) is 0 Å². The molecule has 0 amide bonds. The normalized spacial score (nSPS) is 20.4. The summed E-state index contributed by atoms with van der Waals surface area (Å²) in [6.07, 6.45) is 37.0. The number of hydrogen-bond acceptors (Lipinski definition) is 3. The number of benzene rings is 4. The lowest BCUT2D eigenvalue weighted by Crippen LogP contribution is -2.41. The summed E-state index contributed by atoms with van der Waals surface area (Å²) in [4.78, 5) is 2.52. The molecular weight excluding hydrogens is 763 g/mol. The van der Waals surface area contributed by atoms with Gasteiger partial charge >= 0.3 is 0 Å². The number of rotatable bonds is 12. The zero-order chi connectivity index (χ0) is 44.4. The molecule has 4 N–H and O–H groups in total. The lowest BCUT2D eigenvalue weighted by Gasteiger charge is -2.41. The van der Waals surface area contributed by atoms with Gasteiger partial charge in [-0.15, -0.1) is 0 Å². The summed E-state index contributed by atoms with van der Waals surface area (Å²) in [6, 6.07) is 39.0. The Morgan fingerprint density at radius 2 is 1.37 bits per heavy atom. The molecular formula is C60H63N3. The minimum absolute atomic E-state index is 0.316. The van der Waals surface area contributed by atoms with Crippen molar-refractivity contribution < 1.29 is 0 Å². The van der Waals surface area contributed by atoms with Crippen LogP contribution in [-0.4, -0.2) is 6.04 Å². The Kier molecular flexibility index (Phi) is 16.7. The van der Waals surface area contributed by atoms with Crippen molar-refractivity contribution in [2.75, 3.05) is 4.90 Å². The van der Waals surface area contributed by atoms with Crippen molar-refractivity contribution in [3.63, 3.8) is 0 Å². The van der Waals surface area contributed by atoms with Gasteiger partial charge in [0.1, 0.15) is 0 Å². The van der Waals surface area contributed by atoms with Gasteiger partial charge in [-0.1, -0.05) is 204 Å². The van der Waals surface area contributed by atoms with Crippen LogP contribution < -0.4 is 16.4 Å². The second-order valence-corrected chi connectivity index (χ2v) is 15.8. The van der Waals surface area contributed by atoms with Crippen molar-refractivity contribution in [3.05, 3.63) is 265 Å². The van der Waals surface area contributed by atoms with E-state index in [1.54, 1.807) is 12.4 Å². The van der Waals surface area contributed by atoms with E-state index in [0.717, 1.165) is 69.5 Å². The summed E-state index contributed by atoms with van der Waals surface area (Å²) in [5, 5.41) is 0. The molecule has 0 aromatic heterocycles. The highest BCUT2D eigenvalue weighted by atomic mass is 15.2. The van der Waals surface area contributed by atoms with Crippen LogP contribution in [0.3, 0.4) is 0 Å². The highest BCUT2D eigenvalue weighted by Crippen LogP contribution is 2.41. The van der Waals surface area contributed by atoms with E-state index in [2.05, 4.69) is 170 Å². The largest absolute Gasteiger partial charge is 0.405 e. The van der Waals surface area contributed by atoms with Crippen LogP contribution in [0.1, 0.15) is 57.9 Å². The van der Waals surface area contributed by atoms with Crippen molar-refractivity contribution in [2.45, 2.75) is 58.4 Å². The fourth-order valence-electron chi connectivity index (χ4n) is 8.66. The molecule has 7 rings (SSSR count). The van der Waals surface area contributed by atoms with E-state index in [0.29, 0.717) is 12.0 Å². The number of hydrogen-bond donors (Lipinski definition) is 2. The van der Waals surface area contributed by atoms with Crippen molar-refractivity contribution in [1.29, 1.82) is 0 Å². The molecule has 1 unspecified atom stereocenters. The molecule has 3 aliphatic rings. The number of allylic oxidation sites excluding steroid dienone is 20. The summed E-state index contributed by atoms with van der Waals surface area (Å²) < 4.78 is 0. The maximum atomic E-state index is 6.46. The highest BCUT2D eigenvalue weighted by Gasteiger charge is 2.32. The molecule has 2 atom stereocenters. The molecule has 1 saturated carbocycles. The number of nitrogens with zero attached hydrogens (tertiary/aromatic N) is 1. The van der Waals surface area contributed by atoms with E-state index in [-0.39, 0.29) is 0 Å². The van der Waals surface area contributed by atoms with Crippen LogP contribution in [0.25, 0.3) is 27.8 Å². The van der Waals surface area contributed by atoms with Gasteiger partial charge < -0.3 is 16.4 Å². The molecule has 0 spiro atoms. The first-order valence-electron chi connectivity index (χ1n) is 22.4. The molecule has 0 bridgehead atoms. The maximum Gasteiger partial charge on any atom is 0.0425 e. The summed E-state index contributed by atoms with van der Waals surface area (Å²) >= 11 is 0. The van der Waals surface area contributed by atoms with Gasteiger partial charge in [-0.2, -0.15) is 0 Å². The van der Waals surface area contributed by atoms with Gasteiger partial charge in [0, 0.05) is 23.6 Å². The van der Waals surface area contributed by atoms with E-state index in [4.69, 9.17) is 18.0 Å². The van der Waals surface area contributed by atoms with Crippen molar-refractivity contribution in [1.82, 2.24) is 0 Å². The monoisotopic (exact) mass is 826 g/mol. The van der Waals surface area contributed by atoms with Crippen molar-refractivity contribution in [2.24, 2.45) is 17.4 Å². The first-order chi connectivity index (χ1) is 30.9. The summed E-state index contributed by atoms with van der Waals surface area (Å²) in [7, 11) is 0. The van der Waals surface area contributed by atoms with Gasteiger partial charge in [0.2, 0.25) is 0 Å². The van der Waals surface area contributed by atoms with Crippen LogP contribution in [0.15, 0.2) is 259 Å². The van der Waals surface area contributed by atoms with Gasteiger partial charge in [-0.05, 0) is 135 Å². The van der Waals surface area contributed by atoms with Crippen LogP contribution in [-0.2, 0) is 0 Å². The third kappa shape index (κ3) is 11.8. The number of nitrogens with two attached hydrogens (primary N) is 2. The first kappa shape index (κ1) is 45.4. The average Bonchev–Trinajstić information content (AvgIpc) is 3.41. The van der Waals surface area contributed by atoms with Gasteiger partial charge in [-0.3, -0.25) is 0 Å². The van der Waals surface area contributed by atoms with Gasteiger partial charge in [0.15, 0.2) is 0 Å². The number of fused-ring (bicyclic) bond motifs is 1. The molecule has 0 saturated heterocycles. The molecule has 1 heterocycles. The Balaban J connectivity index is 0.00000326. The molecule has 3 nitrogen and oxygen atoms in total. The van der Waals surface area contributed by atoms with E-state index >= 15 is 0 Å². The molecule has 3 heteroatoms. The van der Waals surface area contributed by atoms with E-state index < -0.39 is 0 Å². The van der Waals surface area contributed by atoms with Gasteiger partial charge in [0.05, 0.1) is 0 Å². The SMILES string of the molecule is C=C/C(=C\C=C/C1=C(C(=C)\C=C/C(=C\N)C2=C/C[C@H]3CCCCC3N(c3cc(-c4ccccc4)cc(-c4ccccc4)c3)C(=C)/C=C\2)C/C(=C\C=C/N)C=C1)c1ccccc1.CC. The first-order valence-corrected chi connectivity index (χ1v) is 22.4. The zero-order valence-corrected chi connectivity index (χ0v) is 37.2. The Morgan fingerprint density at radius 1 is 0.714 bits per heavy atom. The quantitative estimate of drug-likeness (QED) is 0.140. The zero-order valence-electron chi connectivity index (χ0n) is 37.2. The molecule has 4 aromatic rings. The molecule has 2 aliphatic carbocycles. The highest BCUT2D eigenvalue weighted by molar-refractivity contribution is 5.80. The van der Waals surface area contributed by atoms with E-state index in [9.17, 15) is 0 Å². The topological polar surface area (TPSA) is 55.3 Å². The molecule has 1 fully saturated rings. The predicted octanol–water partition coefficient (Wildman–Crippen LogP) is 15.2. The average molecular weight is 826 g/mol. The van der Waals surface area contributed by atoms with E-state index in [1.165, 1.54) is 47.2 Å². The lowest BCUT2D eigenvalue weighted by molar-refractivity contribution is 0.304. The second-order valence-electron chi connectivity index (χ2n) is 15.8. The number of anilines is 1. The van der Waals surface area contributed by atoms with Crippen molar-refractivity contribution >= 4 is 11.3 Å². The van der Waals surface area contributed by atoms with Crippen LogP contribution in [0, 0.1) is 5.92 Å². The molecule has 63 heavy (non-hydrogen) atoms. The van der Waals surface area contributed by atoms with Crippen LogP contribution >= 0.6 is 0 Å². The fourth-order valence-corrected chi connectivity index (χ4v) is 8.66. The Hall–Kier alpha value is -7.10. The van der Waals surface area contributed by atoms with Gasteiger partial charge in [0.25, 0.3) is 0 Å². The molecule has 318 valence electrons. The molecule has 0 radical (unpaired) electrons. The van der Waals surface area contributed by atoms with Gasteiger partial charge in [-0.25, -0.2) is 0 Å². The second kappa shape index (κ2) is 23.2. The lowest BCUT2D eigenvalue weighted by atomic mass is 9.80. The third-order valence-corrected chi connectivity index (χ3v) is 11.9.